The van der Waals surface area contributed by atoms with Gasteiger partial charge in [-0.1, -0.05) is 25.4 Å². The number of hydrogen-bond acceptors (Lipinski definition) is 3. The summed E-state index contributed by atoms with van der Waals surface area (Å²) in [6, 6.07) is 5.02. The van der Waals surface area contributed by atoms with Crippen molar-refractivity contribution in [2.75, 3.05) is 33.3 Å². The molecule has 0 spiro atoms. The second-order valence-corrected chi connectivity index (χ2v) is 6.41. The van der Waals surface area contributed by atoms with E-state index in [0.717, 1.165) is 6.42 Å². The van der Waals surface area contributed by atoms with Gasteiger partial charge < -0.3 is 14.5 Å². The van der Waals surface area contributed by atoms with E-state index in [-0.39, 0.29) is 17.7 Å². The Hall–Kier alpha value is -1.75. The number of hydrogen-bond donors (Lipinski definition) is 0. The minimum absolute atomic E-state index is 0.0229. The monoisotopic (exact) mass is 338 g/mol. The highest BCUT2D eigenvalue weighted by molar-refractivity contribution is 6.31. The van der Waals surface area contributed by atoms with Crippen LogP contribution in [0.2, 0.25) is 5.02 Å². The predicted octanol–water partition coefficient (Wildman–Crippen LogP) is 2.68. The number of carbonyl (C=O) groups excluding carboxylic acids is 2. The van der Waals surface area contributed by atoms with Crippen molar-refractivity contribution in [3.63, 3.8) is 0 Å². The predicted molar refractivity (Wildman–Crippen MR) is 89.9 cm³/mol. The van der Waals surface area contributed by atoms with E-state index in [0.29, 0.717) is 42.5 Å². The van der Waals surface area contributed by atoms with Gasteiger partial charge in [0.1, 0.15) is 5.75 Å². The van der Waals surface area contributed by atoms with E-state index in [2.05, 4.69) is 0 Å². The van der Waals surface area contributed by atoms with Gasteiger partial charge in [-0.05, 0) is 24.6 Å². The first kappa shape index (κ1) is 17.6. The number of carbonyl (C=O) groups is 2. The van der Waals surface area contributed by atoms with Crippen molar-refractivity contribution >= 4 is 23.4 Å². The summed E-state index contributed by atoms with van der Waals surface area (Å²) in [5, 5.41) is 0.501. The summed E-state index contributed by atoms with van der Waals surface area (Å²) in [4.78, 5) is 28.5. The van der Waals surface area contributed by atoms with Crippen molar-refractivity contribution in [1.29, 1.82) is 0 Å². The highest BCUT2D eigenvalue weighted by Gasteiger charge is 2.25. The van der Waals surface area contributed by atoms with Crippen LogP contribution in [0.25, 0.3) is 0 Å². The number of amides is 2. The number of methoxy groups -OCH3 is 1. The third-order valence-electron chi connectivity index (χ3n) is 3.98. The minimum atomic E-state index is -0.108. The standard InChI is InChI=1S/C17H23ClN2O3/c1-12(2)16(21)19-7-4-8-20(10-9-19)17(22)14-11-13(18)5-6-15(14)23-3/h5-6,11-12H,4,7-10H2,1-3H3. The van der Waals surface area contributed by atoms with Gasteiger partial charge in [-0.25, -0.2) is 0 Å². The molecule has 23 heavy (non-hydrogen) atoms. The van der Waals surface area contributed by atoms with Gasteiger partial charge in [-0.2, -0.15) is 0 Å². The summed E-state index contributed by atoms with van der Waals surface area (Å²) in [6.45, 7) is 6.18. The average Bonchev–Trinajstić information content (AvgIpc) is 2.79. The second-order valence-electron chi connectivity index (χ2n) is 5.97. The van der Waals surface area contributed by atoms with Crippen LogP contribution in [-0.2, 0) is 4.79 Å². The van der Waals surface area contributed by atoms with Gasteiger partial charge >= 0.3 is 0 Å². The van der Waals surface area contributed by atoms with E-state index >= 15 is 0 Å². The van der Waals surface area contributed by atoms with Gasteiger partial charge in [-0.3, -0.25) is 9.59 Å². The van der Waals surface area contributed by atoms with E-state index in [1.54, 1.807) is 23.1 Å². The molecule has 1 aromatic carbocycles. The van der Waals surface area contributed by atoms with Gasteiger partial charge in [0.2, 0.25) is 5.91 Å². The molecule has 2 amide bonds. The second kappa shape index (κ2) is 7.68. The van der Waals surface area contributed by atoms with E-state index in [9.17, 15) is 9.59 Å². The normalized spacial score (nSPS) is 15.5. The molecule has 0 radical (unpaired) electrons. The molecule has 6 heteroatoms. The highest BCUT2D eigenvalue weighted by atomic mass is 35.5. The Morgan fingerprint density at radius 2 is 1.78 bits per heavy atom. The Kier molecular flexibility index (Phi) is 5.88. The summed E-state index contributed by atoms with van der Waals surface area (Å²) in [5.74, 6) is 0.520. The Morgan fingerprint density at radius 3 is 2.43 bits per heavy atom. The molecule has 1 aliphatic heterocycles. The van der Waals surface area contributed by atoms with Crippen molar-refractivity contribution in [3.8, 4) is 5.75 Å². The molecule has 1 heterocycles. The molecule has 0 unspecified atom stereocenters. The summed E-state index contributed by atoms with van der Waals surface area (Å²) >= 11 is 6.01. The molecular weight excluding hydrogens is 316 g/mol. The largest absolute Gasteiger partial charge is 0.496 e. The third-order valence-corrected chi connectivity index (χ3v) is 4.22. The fourth-order valence-corrected chi connectivity index (χ4v) is 2.90. The molecule has 0 aromatic heterocycles. The van der Waals surface area contributed by atoms with Crippen molar-refractivity contribution in [2.45, 2.75) is 20.3 Å². The summed E-state index contributed by atoms with van der Waals surface area (Å²) < 4.78 is 5.26. The van der Waals surface area contributed by atoms with Crippen molar-refractivity contribution < 1.29 is 14.3 Å². The quantitative estimate of drug-likeness (QED) is 0.851. The van der Waals surface area contributed by atoms with Crippen LogP contribution in [0.4, 0.5) is 0 Å². The lowest BCUT2D eigenvalue weighted by atomic mass is 10.1. The lowest BCUT2D eigenvalue weighted by Crippen LogP contribution is -2.39. The SMILES string of the molecule is COc1ccc(Cl)cc1C(=O)N1CCCN(C(=O)C(C)C)CC1. The maximum absolute atomic E-state index is 12.8. The maximum Gasteiger partial charge on any atom is 0.257 e. The van der Waals surface area contributed by atoms with Gasteiger partial charge in [0.15, 0.2) is 0 Å². The summed E-state index contributed by atoms with van der Waals surface area (Å²) in [5.41, 5.74) is 0.462. The lowest BCUT2D eigenvalue weighted by molar-refractivity contribution is -0.134. The molecule has 126 valence electrons. The van der Waals surface area contributed by atoms with Crippen molar-refractivity contribution in [1.82, 2.24) is 9.80 Å². The molecule has 0 atom stereocenters. The zero-order valence-corrected chi connectivity index (χ0v) is 14.6. The number of halogens is 1. The molecule has 0 N–H and O–H groups in total. The van der Waals surface area contributed by atoms with Gasteiger partial charge in [0.25, 0.3) is 5.91 Å². The van der Waals surface area contributed by atoms with Gasteiger partial charge in [-0.15, -0.1) is 0 Å². The average molecular weight is 339 g/mol. The smallest absolute Gasteiger partial charge is 0.257 e. The van der Waals surface area contributed by atoms with E-state index < -0.39 is 0 Å². The summed E-state index contributed by atoms with van der Waals surface area (Å²) in [7, 11) is 1.53. The van der Waals surface area contributed by atoms with Crippen LogP contribution in [-0.4, -0.2) is 54.9 Å². The zero-order chi connectivity index (χ0) is 17.0. The third kappa shape index (κ3) is 4.16. The molecule has 0 saturated carbocycles. The molecule has 1 saturated heterocycles. The number of nitrogens with zero attached hydrogens (tertiary/aromatic N) is 2. The molecule has 2 rings (SSSR count). The summed E-state index contributed by atoms with van der Waals surface area (Å²) in [6.07, 6.45) is 0.771. The lowest BCUT2D eigenvalue weighted by Gasteiger charge is -2.24. The molecule has 1 aliphatic rings. The van der Waals surface area contributed by atoms with Crippen LogP contribution >= 0.6 is 11.6 Å². The van der Waals surface area contributed by atoms with Crippen LogP contribution in [0.15, 0.2) is 18.2 Å². The topological polar surface area (TPSA) is 49.9 Å². The maximum atomic E-state index is 12.8. The Balaban J connectivity index is 2.12. The Morgan fingerprint density at radius 1 is 1.13 bits per heavy atom. The van der Waals surface area contributed by atoms with E-state index in [1.807, 2.05) is 18.7 Å². The van der Waals surface area contributed by atoms with Gasteiger partial charge in [0, 0.05) is 37.1 Å². The Bertz CT molecular complexity index is 589. The number of benzene rings is 1. The van der Waals surface area contributed by atoms with Gasteiger partial charge in [0.05, 0.1) is 12.7 Å². The number of rotatable bonds is 3. The molecular formula is C17H23ClN2O3. The first-order valence-electron chi connectivity index (χ1n) is 7.85. The van der Waals surface area contributed by atoms with Crippen LogP contribution in [0, 0.1) is 5.92 Å². The van der Waals surface area contributed by atoms with Crippen LogP contribution in [0.3, 0.4) is 0 Å². The molecule has 1 fully saturated rings. The van der Waals surface area contributed by atoms with E-state index in [1.165, 1.54) is 7.11 Å². The zero-order valence-electron chi connectivity index (χ0n) is 13.8. The van der Waals surface area contributed by atoms with Crippen LogP contribution < -0.4 is 4.74 Å². The van der Waals surface area contributed by atoms with E-state index in [4.69, 9.17) is 16.3 Å². The Labute approximate surface area is 142 Å². The van der Waals surface area contributed by atoms with Crippen molar-refractivity contribution in [3.05, 3.63) is 28.8 Å². The molecule has 0 aliphatic carbocycles. The fraction of sp³-hybridized carbons (Fsp3) is 0.529. The van der Waals surface area contributed by atoms with Crippen LogP contribution in [0.5, 0.6) is 5.75 Å². The highest BCUT2D eigenvalue weighted by Crippen LogP contribution is 2.24. The molecule has 1 aromatic rings. The van der Waals surface area contributed by atoms with Crippen LogP contribution in [0.1, 0.15) is 30.6 Å². The first-order valence-corrected chi connectivity index (χ1v) is 8.23. The molecule has 0 bridgehead atoms. The molecule has 5 nitrogen and oxygen atoms in total. The van der Waals surface area contributed by atoms with Crippen molar-refractivity contribution in [2.24, 2.45) is 5.92 Å². The first-order chi connectivity index (χ1) is 10.9. The minimum Gasteiger partial charge on any atom is -0.496 e. The fourth-order valence-electron chi connectivity index (χ4n) is 2.72. The number of ether oxygens (including phenoxy) is 1.